The van der Waals surface area contributed by atoms with Gasteiger partial charge in [0.05, 0.1) is 0 Å². The third-order valence-corrected chi connectivity index (χ3v) is 10.4. The maximum absolute atomic E-state index is 2.35. The van der Waals surface area contributed by atoms with Crippen molar-refractivity contribution in [1.29, 1.82) is 0 Å². The molecule has 1 nitrogen and oxygen atoms in total. The van der Waals surface area contributed by atoms with Gasteiger partial charge in [-0.25, -0.2) is 0 Å². The lowest BCUT2D eigenvalue weighted by molar-refractivity contribution is 1.28. The minimum atomic E-state index is 1.12. The van der Waals surface area contributed by atoms with Crippen molar-refractivity contribution in [2.45, 2.75) is 0 Å². The predicted molar refractivity (Wildman–Crippen MR) is 208 cm³/mol. The highest BCUT2D eigenvalue weighted by atomic mass is 32.1. The standard InChI is InChI=1S/C46H31NS/c1-3-9-37-29-39(15-13-32(37)7-1)34-17-23-42(24-18-34)47(44-27-21-36(22-28-44)46-31-41-11-5-6-12-45(41)48-46)43-25-19-35(20-26-43)40-16-14-33-8-2-4-10-38(33)30-40/h1-31H. The van der Waals surface area contributed by atoms with Gasteiger partial charge in [-0.3, -0.25) is 0 Å². The van der Waals surface area contributed by atoms with Crippen LogP contribution in [0.25, 0.3) is 64.3 Å². The Balaban J connectivity index is 1.09. The molecule has 0 radical (unpaired) electrons. The monoisotopic (exact) mass is 629 g/mol. The van der Waals surface area contributed by atoms with Crippen LogP contribution in [-0.4, -0.2) is 0 Å². The van der Waals surface area contributed by atoms with Gasteiger partial charge in [-0.2, -0.15) is 0 Å². The summed E-state index contributed by atoms with van der Waals surface area (Å²) in [6.07, 6.45) is 0. The summed E-state index contributed by atoms with van der Waals surface area (Å²) in [5.74, 6) is 0. The van der Waals surface area contributed by atoms with Gasteiger partial charge in [-0.05, 0) is 115 Å². The van der Waals surface area contributed by atoms with E-state index in [0.717, 1.165) is 17.1 Å². The Kier molecular flexibility index (Phi) is 7.07. The number of hydrogen-bond donors (Lipinski definition) is 0. The highest BCUT2D eigenvalue weighted by Gasteiger charge is 2.14. The topological polar surface area (TPSA) is 3.24 Å². The van der Waals surface area contributed by atoms with Crippen molar-refractivity contribution in [3.05, 3.63) is 188 Å². The number of rotatable bonds is 6. The lowest BCUT2D eigenvalue weighted by atomic mass is 10.00. The maximum Gasteiger partial charge on any atom is 0.0462 e. The van der Waals surface area contributed by atoms with E-state index in [-0.39, 0.29) is 0 Å². The highest BCUT2D eigenvalue weighted by molar-refractivity contribution is 7.22. The fourth-order valence-corrected chi connectivity index (χ4v) is 7.76. The van der Waals surface area contributed by atoms with Crippen LogP contribution in [0.2, 0.25) is 0 Å². The molecule has 0 unspecified atom stereocenters. The fraction of sp³-hybridized carbons (Fsp3) is 0. The van der Waals surface area contributed by atoms with E-state index in [1.54, 1.807) is 0 Å². The molecule has 0 amide bonds. The number of hydrogen-bond acceptors (Lipinski definition) is 2. The summed E-state index contributed by atoms with van der Waals surface area (Å²) in [7, 11) is 0. The van der Waals surface area contributed by atoms with Gasteiger partial charge in [0.2, 0.25) is 0 Å². The molecular weight excluding hydrogens is 599 g/mol. The zero-order chi connectivity index (χ0) is 31.9. The second kappa shape index (κ2) is 12.0. The number of fused-ring (bicyclic) bond motifs is 3. The van der Waals surface area contributed by atoms with E-state index >= 15 is 0 Å². The van der Waals surface area contributed by atoms with Crippen molar-refractivity contribution in [2.24, 2.45) is 0 Å². The second-order valence-electron chi connectivity index (χ2n) is 12.2. The molecule has 9 aromatic rings. The molecule has 2 heteroatoms. The van der Waals surface area contributed by atoms with Crippen LogP contribution in [0.5, 0.6) is 0 Å². The fourth-order valence-electron chi connectivity index (χ4n) is 6.69. The Hall–Kier alpha value is -5.96. The van der Waals surface area contributed by atoms with Crippen LogP contribution in [0.1, 0.15) is 0 Å². The minimum Gasteiger partial charge on any atom is -0.311 e. The Bertz CT molecular complexity index is 2390. The molecule has 0 aliphatic carbocycles. The lowest BCUT2D eigenvalue weighted by Gasteiger charge is -2.26. The molecule has 9 rings (SSSR count). The largest absolute Gasteiger partial charge is 0.311 e. The minimum absolute atomic E-state index is 1.12. The first kappa shape index (κ1) is 28.3. The van der Waals surface area contributed by atoms with Crippen molar-refractivity contribution in [1.82, 2.24) is 0 Å². The zero-order valence-corrected chi connectivity index (χ0v) is 27.1. The van der Waals surface area contributed by atoms with E-state index in [0.29, 0.717) is 0 Å². The van der Waals surface area contributed by atoms with E-state index in [4.69, 9.17) is 0 Å². The summed E-state index contributed by atoms with van der Waals surface area (Å²) in [4.78, 5) is 3.64. The van der Waals surface area contributed by atoms with E-state index < -0.39 is 0 Å². The molecule has 0 saturated carbocycles. The number of thiophene rings is 1. The van der Waals surface area contributed by atoms with E-state index in [9.17, 15) is 0 Å². The van der Waals surface area contributed by atoms with Crippen molar-refractivity contribution < 1.29 is 0 Å². The van der Waals surface area contributed by atoms with Gasteiger partial charge in [-0.15, -0.1) is 11.3 Å². The van der Waals surface area contributed by atoms with Gasteiger partial charge in [0, 0.05) is 26.6 Å². The summed E-state index contributed by atoms with van der Waals surface area (Å²) >= 11 is 1.84. The first-order valence-corrected chi connectivity index (χ1v) is 17.1. The average Bonchev–Trinajstić information content (AvgIpc) is 3.60. The quantitative estimate of drug-likeness (QED) is 0.177. The first-order valence-electron chi connectivity index (χ1n) is 16.3. The molecule has 48 heavy (non-hydrogen) atoms. The SMILES string of the molecule is c1ccc2cc(-c3ccc(N(c4ccc(-c5ccc6ccccc6c5)cc4)c4ccc(-c5cc6ccccc6s5)cc4)cc3)ccc2c1. The maximum atomic E-state index is 2.35. The van der Waals surface area contributed by atoms with Crippen LogP contribution in [0.4, 0.5) is 17.1 Å². The van der Waals surface area contributed by atoms with Gasteiger partial charge in [0.1, 0.15) is 0 Å². The molecule has 0 atom stereocenters. The molecule has 0 N–H and O–H groups in total. The summed E-state index contributed by atoms with van der Waals surface area (Å²) < 4.78 is 1.32. The van der Waals surface area contributed by atoms with Crippen LogP contribution in [0.15, 0.2) is 188 Å². The van der Waals surface area contributed by atoms with Crippen LogP contribution < -0.4 is 4.90 Å². The molecule has 0 fully saturated rings. The average molecular weight is 630 g/mol. The zero-order valence-electron chi connectivity index (χ0n) is 26.3. The Morgan fingerprint density at radius 2 is 0.688 bits per heavy atom. The van der Waals surface area contributed by atoms with Crippen molar-refractivity contribution >= 4 is 60.0 Å². The predicted octanol–water partition coefficient (Wildman–Crippen LogP) is 13.7. The molecule has 8 aromatic carbocycles. The smallest absolute Gasteiger partial charge is 0.0462 e. The Morgan fingerprint density at radius 1 is 0.292 bits per heavy atom. The van der Waals surface area contributed by atoms with Gasteiger partial charge < -0.3 is 4.90 Å². The third-order valence-electron chi connectivity index (χ3n) is 9.25. The van der Waals surface area contributed by atoms with Gasteiger partial charge in [-0.1, -0.05) is 127 Å². The van der Waals surface area contributed by atoms with E-state index in [2.05, 4.69) is 193 Å². The van der Waals surface area contributed by atoms with Crippen molar-refractivity contribution in [3.63, 3.8) is 0 Å². The molecule has 0 aliphatic heterocycles. The van der Waals surface area contributed by atoms with E-state index in [1.165, 1.54) is 64.3 Å². The molecule has 0 saturated heterocycles. The normalized spacial score (nSPS) is 11.3. The first-order chi connectivity index (χ1) is 23.7. The number of anilines is 3. The highest BCUT2D eigenvalue weighted by Crippen LogP contribution is 2.39. The molecule has 0 spiro atoms. The summed E-state index contributed by atoms with van der Waals surface area (Å²) in [6.45, 7) is 0. The van der Waals surface area contributed by atoms with Gasteiger partial charge >= 0.3 is 0 Å². The number of benzene rings is 8. The Labute approximate surface area is 284 Å². The Morgan fingerprint density at radius 3 is 1.17 bits per heavy atom. The van der Waals surface area contributed by atoms with Gasteiger partial charge in [0.15, 0.2) is 0 Å². The molecule has 1 heterocycles. The lowest BCUT2D eigenvalue weighted by Crippen LogP contribution is -2.09. The van der Waals surface area contributed by atoms with Crippen molar-refractivity contribution in [2.75, 3.05) is 4.90 Å². The van der Waals surface area contributed by atoms with Crippen molar-refractivity contribution in [3.8, 4) is 32.7 Å². The van der Waals surface area contributed by atoms with Gasteiger partial charge in [0.25, 0.3) is 0 Å². The van der Waals surface area contributed by atoms with Crippen LogP contribution >= 0.6 is 11.3 Å². The molecule has 226 valence electrons. The molecule has 0 bridgehead atoms. The molecular formula is C46H31NS. The summed E-state index contributed by atoms with van der Waals surface area (Å²) in [6, 6.07) is 68.3. The third kappa shape index (κ3) is 5.33. The second-order valence-corrected chi connectivity index (χ2v) is 13.3. The number of nitrogens with zero attached hydrogens (tertiary/aromatic N) is 1. The summed E-state index contributed by atoms with van der Waals surface area (Å²) in [5.41, 5.74) is 9.45. The van der Waals surface area contributed by atoms with Crippen LogP contribution in [0.3, 0.4) is 0 Å². The summed E-state index contributed by atoms with van der Waals surface area (Å²) in [5, 5.41) is 6.32. The molecule has 1 aromatic heterocycles. The molecule has 0 aliphatic rings. The van der Waals surface area contributed by atoms with Crippen LogP contribution in [-0.2, 0) is 0 Å². The van der Waals surface area contributed by atoms with E-state index in [1.807, 2.05) is 11.3 Å². The van der Waals surface area contributed by atoms with Crippen LogP contribution in [0, 0.1) is 0 Å².